The van der Waals surface area contributed by atoms with Crippen LogP contribution in [0.5, 0.6) is 5.75 Å². The van der Waals surface area contributed by atoms with Crippen molar-refractivity contribution in [2.45, 2.75) is 25.2 Å². The van der Waals surface area contributed by atoms with E-state index in [1.165, 1.54) is 17.5 Å². The van der Waals surface area contributed by atoms with E-state index in [4.69, 9.17) is 4.74 Å². The topological polar surface area (TPSA) is 29.5 Å². The normalized spacial score (nSPS) is 15.6. The number of ether oxygens (including phenoxy) is 1. The highest BCUT2D eigenvalue weighted by Crippen LogP contribution is 2.34. The third-order valence-corrected chi connectivity index (χ3v) is 3.32. The molecule has 16 heavy (non-hydrogen) atoms. The fourth-order valence-corrected chi connectivity index (χ4v) is 2.39. The van der Waals surface area contributed by atoms with Crippen LogP contribution >= 0.6 is 0 Å². The third kappa shape index (κ3) is 1.85. The molecule has 0 bridgehead atoms. The molecular weight excluding hydrogens is 200 g/mol. The van der Waals surface area contributed by atoms with Crippen molar-refractivity contribution in [3.05, 3.63) is 41.5 Å². The van der Waals surface area contributed by atoms with Gasteiger partial charge >= 0.3 is 0 Å². The summed E-state index contributed by atoms with van der Waals surface area (Å²) in [4.78, 5) is 0. The SMILES string of the molecule is C=CC(CO)c1cc2c(cc1OC)CCC2. The zero-order valence-corrected chi connectivity index (χ0v) is 9.70. The lowest BCUT2D eigenvalue weighted by molar-refractivity contribution is 0.280. The largest absolute Gasteiger partial charge is 0.496 e. The average molecular weight is 218 g/mol. The molecule has 0 saturated heterocycles. The molecule has 86 valence electrons. The van der Waals surface area contributed by atoms with Crippen LogP contribution in [0.3, 0.4) is 0 Å². The van der Waals surface area contributed by atoms with Gasteiger partial charge in [0.1, 0.15) is 5.75 Å². The van der Waals surface area contributed by atoms with E-state index in [1.54, 1.807) is 13.2 Å². The predicted octanol–water partition coefficient (Wildman–Crippen LogP) is 2.45. The van der Waals surface area contributed by atoms with Gasteiger partial charge in [-0.1, -0.05) is 12.1 Å². The van der Waals surface area contributed by atoms with Crippen molar-refractivity contribution in [1.82, 2.24) is 0 Å². The zero-order chi connectivity index (χ0) is 11.5. The van der Waals surface area contributed by atoms with Gasteiger partial charge in [-0.25, -0.2) is 0 Å². The molecule has 1 unspecified atom stereocenters. The highest BCUT2D eigenvalue weighted by Gasteiger charge is 2.18. The maximum absolute atomic E-state index is 9.32. The number of aliphatic hydroxyl groups excluding tert-OH is 1. The minimum atomic E-state index is -0.0270. The van der Waals surface area contributed by atoms with Gasteiger partial charge in [0.25, 0.3) is 0 Å². The molecule has 1 atom stereocenters. The first-order valence-corrected chi connectivity index (χ1v) is 5.73. The summed E-state index contributed by atoms with van der Waals surface area (Å²) >= 11 is 0. The van der Waals surface area contributed by atoms with Crippen LogP contribution in [0, 0.1) is 0 Å². The van der Waals surface area contributed by atoms with Gasteiger partial charge in [-0.3, -0.25) is 0 Å². The monoisotopic (exact) mass is 218 g/mol. The summed E-state index contributed by atoms with van der Waals surface area (Å²) in [6.45, 7) is 3.84. The Bertz CT molecular complexity index is 396. The fourth-order valence-electron chi connectivity index (χ4n) is 2.39. The Morgan fingerprint density at radius 1 is 1.44 bits per heavy atom. The Hall–Kier alpha value is -1.28. The summed E-state index contributed by atoms with van der Waals surface area (Å²) in [6.07, 6.45) is 5.28. The van der Waals surface area contributed by atoms with E-state index in [0.29, 0.717) is 0 Å². The van der Waals surface area contributed by atoms with Gasteiger partial charge in [0.2, 0.25) is 0 Å². The van der Waals surface area contributed by atoms with E-state index in [-0.39, 0.29) is 12.5 Å². The van der Waals surface area contributed by atoms with Crippen LogP contribution in [-0.4, -0.2) is 18.8 Å². The Kier molecular flexibility index (Phi) is 3.30. The first-order chi connectivity index (χ1) is 7.80. The van der Waals surface area contributed by atoms with Gasteiger partial charge in [0.15, 0.2) is 0 Å². The molecule has 0 radical (unpaired) electrons. The van der Waals surface area contributed by atoms with Crippen molar-refractivity contribution >= 4 is 0 Å². The molecule has 0 saturated carbocycles. The van der Waals surface area contributed by atoms with Crippen molar-refractivity contribution in [3.8, 4) is 5.75 Å². The number of aliphatic hydroxyl groups is 1. The Morgan fingerprint density at radius 3 is 2.69 bits per heavy atom. The second-order valence-corrected chi connectivity index (χ2v) is 4.24. The van der Waals surface area contributed by atoms with Crippen LogP contribution < -0.4 is 4.74 Å². The summed E-state index contributed by atoms with van der Waals surface area (Å²) < 4.78 is 5.40. The van der Waals surface area contributed by atoms with Crippen molar-refractivity contribution in [1.29, 1.82) is 0 Å². The maximum Gasteiger partial charge on any atom is 0.123 e. The molecule has 0 spiro atoms. The number of hydrogen-bond donors (Lipinski definition) is 1. The molecule has 2 rings (SSSR count). The van der Waals surface area contributed by atoms with E-state index < -0.39 is 0 Å². The van der Waals surface area contributed by atoms with E-state index >= 15 is 0 Å². The summed E-state index contributed by atoms with van der Waals surface area (Å²) in [7, 11) is 1.68. The number of aryl methyl sites for hydroxylation is 2. The van der Waals surface area contributed by atoms with Crippen molar-refractivity contribution in [3.63, 3.8) is 0 Å². The Balaban J connectivity index is 2.46. The lowest BCUT2D eigenvalue weighted by Crippen LogP contribution is -2.04. The van der Waals surface area contributed by atoms with Crippen LogP contribution in [0.25, 0.3) is 0 Å². The third-order valence-electron chi connectivity index (χ3n) is 3.32. The Labute approximate surface area is 96.6 Å². The molecule has 1 aromatic carbocycles. The molecule has 0 aliphatic heterocycles. The second kappa shape index (κ2) is 4.71. The molecule has 1 N–H and O–H groups in total. The molecule has 0 heterocycles. The molecule has 2 heteroatoms. The lowest BCUT2D eigenvalue weighted by Gasteiger charge is -2.16. The standard InChI is InChI=1S/C14H18O2/c1-3-10(9-15)13-7-11-5-4-6-12(11)8-14(13)16-2/h3,7-8,10,15H,1,4-6,9H2,2H3. The smallest absolute Gasteiger partial charge is 0.123 e. The maximum atomic E-state index is 9.32. The number of methoxy groups -OCH3 is 1. The summed E-state index contributed by atoms with van der Waals surface area (Å²) in [6, 6.07) is 4.29. The van der Waals surface area contributed by atoms with Gasteiger partial charge < -0.3 is 9.84 Å². The van der Waals surface area contributed by atoms with Gasteiger partial charge in [0.05, 0.1) is 13.7 Å². The molecule has 0 amide bonds. The predicted molar refractivity (Wildman–Crippen MR) is 65.0 cm³/mol. The van der Waals surface area contributed by atoms with Gasteiger partial charge in [-0.15, -0.1) is 6.58 Å². The van der Waals surface area contributed by atoms with Crippen molar-refractivity contribution in [2.75, 3.05) is 13.7 Å². The number of hydrogen-bond acceptors (Lipinski definition) is 2. The first kappa shape index (κ1) is 11.2. The second-order valence-electron chi connectivity index (χ2n) is 4.24. The zero-order valence-electron chi connectivity index (χ0n) is 9.70. The van der Waals surface area contributed by atoms with Gasteiger partial charge in [-0.2, -0.15) is 0 Å². The minimum Gasteiger partial charge on any atom is -0.496 e. The molecule has 0 aromatic heterocycles. The van der Waals surface area contributed by atoms with Gasteiger partial charge in [0, 0.05) is 11.5 Å². The molecule has 2 nitrogen and oxygen atoms in total. The summed E-state index contributed by atoms with van der Waals surface area (Å²) in [5, 5.41) is 9.32. The molecule has 0 fully saturated rings. The first-order valence-electron chi connectivity index (χ1n) is 5.73. The quantitative estimate of drug-likeness (QED) is 0.787. The lowest BCUT2D eigenvalue weighted by atomic mass is 9.95. The number of benzene rings is 1. The minimum absolute atomic E-state index is 0.0270. The number of fused-ring (bicyclic) bond motifs is 1. The molecule has 1 aromatic rings. The van der Waals surface area contributed by atoms with Crippen LogP contribution in [0.4, 0.5) is 0 Å². The van der Waals surface area contributed by atoms with E-state index in [1.807, 2.05) is 0 Å². The van der Waals surface area contributed by atoms with E-state index in [9.17, 15) is 5.11 Å². The fraction of sp³-hybridized carbons (Fsp3) is 0.429. The summed E-state index contributed by atoms with van der Waals surface area (Å²) in [5.41, 5.74) is 3.85. The van der Waals surface area contributed by atoms with Crippen molar-refractivity contribution in [2.24, 2.45) is 0 Å². The van der Waals surface area contributed by atoms with Crippen LogP contribution in [-0.2, 0) is 12.8 Å². The molecule has 1 aliphatic carbocycles. The molecule has 1 aliphatic rings. The van der Waals surface area contributed by atoms with E-state index in [0.717, 1.165) is 24.2 Å². The highest BCUT2D eigenvalue weighted by atomic mass is 16.5. The summed E-state index contributed by atoms with van der Waals surface area (Å²) in [5.74, 6) is 0.848. The number of rotatable bonds is 4. The average Bonchev–Trinajstić information content (AvgIpc) is 2.76. The van der Waals surface area contributed by atoms with E-state index in [2.05, 4.69) is 18.7 Å². The highest BCUT2D eigenvalue weighted by molar-refractivity contribution is 5.47. The van der Waals surface area contributed by atoms with Crippen molar-refractivity contribution < 1.29 is 9.84 Å². The van der Waals surface area contributed by atoms with Crippen LogP contribution in [0.1, 0.15) is 29.0 Å². The van der Waals surface area contributed by atoms with Gasteiger partial charge in [-0.05, 0) is 36.5 Å². The molecular formula is C14H18O2. The Morgan fingerprint density at radius 2 is 2.12 bits per heavy atom. The van der Waals surface area contributed by atoms with Crippen LogP contribution in [0.2, 0.25) is 0 Å². The van der Waals surface area contributed by atoms with Crippen LogP contribution in [0.15, 0.2) is 24.8 Å².